The number of fused-ring (bicyclic) bond motifs is 2. The van der Waals surface area contributed by atoms with Crippen molar-refractivity contribution in [2.45, 2.75) is 26.2 Å². The van der Waals surface area contributed by atoms with Crippen molar-refractivity contribution in [2.75, 3.05) is 0 Å². The lowest BCUT2D eigenvalue weighted by atomic mass is 9.85. The van der Waals surface area contributed by atoms with Gasteiger partial charge in [-0.3, -0.25) is 4.98 Å². The molecule has 0 unspecified atom stereocenters. The third-order valence-electron chi connectivity index (χ3n) is 6.62. The number of phenols is 1. The van der Waals surface area contributed by atoms with Gasteiger partial charge >= 0.3 is 0 Å². The Morgan fingerprint density at radius 1 is 0.750 bits per heavy atom. The molecule has 4 heteroatoms. The van der Waals surface area contributed by atoms with Crippen LogP contribution in [0.3, 0.4) is 0 Å². The molecule has 176 valence electrons. The maximum atomic E-state index is 10.4. The van der Waals surface area contributed by atoms with E-state index in [4.69, 9.17) is 14.4 Å². The second-order valence-corrected chi connectivity index (χ2v) is 10.1. The molecule has 0 radical (unpaired) electrons. The average Bonchev–Trinajstić information content (AvgIpc) is 3.32. The largest absolute Gasteiger partial charge is 0.507 e. The summed E-state index contributed by atoms with van der Waals surface area (Å²) in [6.07, 6.45) is 1.86. The molecule has 0 fully saturated rings. The Morgan fingerprint density at radius 2 is 1.53 bits per heavy atom. The van der Waals surface area contributed by atoms with Crippen molar-refractivity contribution in [3.05, 3.63) is 103 Å². The zero-order valence-electron chi connectivity index (χ0n) is 20.5. The van der Waals surface area contributed by atoms with E-state index in [1.165, 1.54) is 0 Å². The Hall–Kier alpha value is -4.44. The molecule has 0 saturated carbocycles. The van der Waals surface area contributed by atoms with Crippen molar-refractivity contribution >= 4 is 21.9 Å². The summed E-state index contributed by atoms with van der Waals surface area (Å²) in [4.78, 5) is 9.58. The summed E-state index contributed by atoms with van der Waals surface area (Å²) in [5, 5.41) is 12.7. The smallest absolute Gasteiger partial charge is 0.231 e. The van der Waals surface area contributed by atoms with Crippen LogP contribution >= 0.6 is 0 Å². The molecule has 6 aromatic rings. The lowest BCUT2D eigenvalue weighted by Crippen LogP contribution is -2.11. The van der Waals surface area contributed by atoms with E-state index in [0.29, 0.717) is 17.0 Å². The van der Waals surface area contributed by atoms with Crippen LogP contribution in [0.15, 0.2) is 102 Å². The van der Waals surface area contributed by atoms with E-state index < -0.39 is 0 Å². The first-order chi connectivity index (χ1) is 17.4. The summed E-state index contributed by atoms with van der Waals surface area (Å²) in [7, 11) is 0. The van der Waals surface area contributed by atoms with Crippen LogP contribution in [0.2, 0.25) is 0 Å². The Morgan fingerprint density at radius 3 is 2.36 bits per heavy atom. The van der Waals surface area contributed by atoms with E-state index in [2.05, 4.69) is 69.3 Å². The van der Waals surface area contributed by atoms with Crippen LogP contribution < -0.4 is 0 Å². The van der Waals surface area contributed by atoms with Crippen molar-refractivity contribution in [1.29, 1.82) is 0 Å². The minimum Gasteiger partial charge on any atom is -0.507 e. The summed E-state index contributed by atoms with van der Waals surface area (Å²) >= 11 is 0. The van der Waals surface area contributed by atoms with Gasteiger partial charge in [-0.1, -0.05) is 75.4 Å². The molecule has 6 rings (SSSR count). The number of hydrogen-bond donors (Lipinski definition) is 1. The number of oxazole rings is 1. The fourth-order valence-corrected chi connectivity index (χ4v) is 4.64. The molecule has 1 N–H and O–H groups in total. The molecule has 4 nitrogen and oxygen atoms in total. The monoisotopic (exact) mass is 470 g/mol. The quantitative estimate of drug-likeness (QED) is 0.282. The number of rotatable bonds is 3. The minimum absolute atomic E-state index is 0.0838. The number of nitrogens with zero attached hydrogens (tertiary/aromatic N) is 2. The van der Waals surface area contributed by atoms with Gasteiger partial charge in [-0.25, -0.2) is 4.98 Å². The van der Waals surface area contributed by atoms with Crippen molar-refractivity contribution < 1.29 is 9.52 Å². The van der Waals surface area contributed by atoms with Crippen LogP contribution in [-0.2, 0) is 5.41 Å². The second kappa shape index (κ2) is 8.35. The molecule has 0 amide bonds. The van der Waals surface area contributed by atoms with Gasteiger partial charge in [0.1, 0.15) is 11.3 Å². The number of aromatic nitrogens is 2. The van der Waals surface area contributed by atoms with E-state index >= 15 is 0 Å². The highest BCUT2D eigenvalue weighted by molar-refractivity contribution is 5.97. The second-order valence-electron chi connectivity index (χ2n) is 10.1. The van der Waals surface area contributed by atoms with Gasteiger partial charge in [-0.15, -0.1) is 0 Å². The van der Waals surface area contributed by atoms with Crippen LogP contribution in [0.5, 0.6) is 5.75 Å². The molecule has 0 aliphatic heterocycles. The van der Waals surface area contributed by atoms with E-state index in [0.717, 1.165) is 44.2 Å². The van der Waals surface area contributed by atoms with Gasteiger partial charge in [0.2, 0.25) is 5.89 Å². The molecule has 2 aromatic heterocycles. The SMILES string of the molecule is CC(C)(C)c1cc(-c2cccc(-c3nccc4ccccc34)c2)c2nc(-c3ccccc3O)oc2c1. The summed E-state index contributed by atoms with van der Waals surface area (Å²) in [6.45, 7) is 6.57. The summed E-state index contributed by atoms with van der Waals surface area (Å²) in [5.74, 6) is 0.549. The van der Waals surface area contributed by atoms with E-state index in [9.17, 15) is 5.11 Å². The molecule has 0 aliphatic rings. The molecule has 0 aliphatic carbocycles. The molecular weight excluding hydrogens is 444 g/mol. The van der Waals surface area contributed by atoms with Gasteiger partial charge in [0.25, 0.3) is 0 Å². The Balaban J connectivity index is 1.58. The first kappa shape index (κ1) is 22.1. The van der Waals surface area contributed by atoms with Gasteiger partial charge in [0.05, 0.1) is 11.3 Å². The van der Waals surface area contributed by atoms with Gasteiger partial charge in [-0.05, 0) is 58.3 Å². The van der Waals surface area contributed by atoms with Crippen LogP contribution in [0.4, 0.5) is 0 Å². The molecule has 2 heterocycles. The fraction of sp³-hybridized carbons (Fsp3) is 0.125. The number of phenolic OH excluding ortho intramolecular Hbond substituents is 1. The number of benzene rings is 4. The topological polar surface area (TPSA) is 59.2 Å². The average molecular weight is 471 g/mol. The predicted molar refractivity (Wildman–Crippen MR) is 146 cm³/mol. The lowest BCUT2D eigenvalue weighted by molar-refractivity contribution is 0.474. The number of hydrogen-bond acceptors (Lipinski definition) is 4. The Bertz CT molecular complexity index is 1740. The maximum absolute atomic E-state index is 10.4. The molecule has 0 bridgehead atoms. The minimum atomic E-state index is -0.0838. The summed E-state index contributed by atoms with van der Waals surface area (Å²) in [5.41, 5.74) is 7.13. The third-order valence-corrected chi connectivity index (χ3v) is 6.62. The zero-order valence-corrected chi connectivity index (χ0v) is 20.5. The number of pyridine rings is 1. The predicted octanol–water partition coefficient (Wildman–Crippen LogP) is 8.38. The normalized spacial score (nSPS) is 11.9. The molecule has 36 heavy (non-hydrogen) atoms. The van der Waals surface area contributed by atoms with Crippen molar-refractivity contribution in [3.8, 4) is 39.6 Å². The highest BCUT2D eigenvalue weighted by atomic mass is 16.3. The number of para-hydroxylation sites is 1. The lowest BCUT2D eigenvalue weighted by Gasteiger charge is -2.20. The summed E-state index contributed by atoms with van der Waals surface area (Å²) in [6, 6.07) is 30.2. The highest BCUT2D eigenvalue weighted by Crippen LogP contribution is 2.39. The highest BCUT2D eigenvalue weighted by Gasteiger charge is 2.21. The fourth-order valence-electron chi connectivity index (χ4n) is 4.64. The summed E-state index contributed by atoms with van der Waals surface area (Å²) < 4.78 is 6.22. The van der Waals surface area contributed by atoms with E-state index in [-0.39, 0.29) is 11.2 Å². The van der Waals surface area contributed by atoms with Gasteiger partial charge in [0.15, 0.2) is 5.58 Å². The van der Waals surface area contributed by atoms with E-state index in [1.54, 1.807) is 12.1 Å². The van der Waals surface area contributed by atoms with Crippen LogP contribution in [0.25, 0.3) is 55.7 Å². The van der Waals surface area contributed by atoms with Crippen molar-refractivity contribution in [3.63, 3.8) is 0 Å². The standard InChI is InChI=1S/C32H26N2O2/c1-32(2,3)23-18-26(30-28(19-23)36-31(34-30)25-13-6-7-14-27(25)35)21-10-8-11-22(17-21)29-24-12-5-4-9-20(24)15-16-33-29/h4-19,35H,1-3H3. The maximum Gasteiger partial charge on any atom is 0.231 e. The molecule has 0 saturated heterocycles. The first-order valence-electron chi connectivity index (χ1n) is 12.1. The third kappa shape index (κ3) is 3.81. The molecule has 4 aromatic carbocycles. The van der Waals surface area contributed by atoms with Crippen LogP contribution in [0, 0.1) is 0 Å². The first-order valence-corrected chi connectivity index (χ1v) is 12.1. The Labute approximate surface area is 209 Å². The Kier molecular flexibility index (Phi) is 5.11. The van der Waals surface area contributed by atoms with Crippen molar-refractivity contribution in [2.24, 2.45) is 0 Å². The molecule has 0 atom stereocenters. The van der Waals surface area contributed by atoms with Gasteiger partial charge < -0.3 is 9.52 Å². The molecule has 0 spiro atoms. The van der Waals surface area contributed by atoms with Gasteiger partial charge in [-0.2, -0.15) is 0 Å². The van der Waals surface area contributed by atoms with E-state index in [1.807, 2.05) is 36.5 Å². The zero-order chi connectivity index (χ0) is 24.9. The van der Waals surface area contributed by atoms with Gasteiger partial charge in [0, 0.05) is 22.7 Å². The van der Waals surface area contributed by atoms with Crippen LogP contribution in [-0.4, -0.2) is 15.1 Å². The molecular formula is C32H26N2O2. The van der Waals surface area contributed by atoms with Crippen molar-refractivity contribution in [1.82, 2.24) is 9.97 Å². The number of aromatic hydroxyl groups is 1. The van der Waals surface area contributed by atoms with Crippen LogP contribution in [0.1, 0.15) is 26.3 Å².